The number of phenols is 1. The molecule has 2 rings (SSSR count). The molecule has 1 aliphatic rings. The van der Waals surface area contributed by atoms with Crippen LogP contribution in [0.2, 0.25) is 0 Å². The Morgan fingerprint density at radius 3 is 2.70 bits per heavy atom. The van der Waals surface area contributed by atoms with Gasteiger partial charge in [-0.1, -0.05) is 26.0 Å². The maximum absolute atomic E-state index is 11.6. The molecular weight excluding hydrogens is 256 g/mol. The van der Waals surface area contributed by atoms with E-state index in [-0.39, 0.29) is 17.4 Å². The molecule has 1 aliphatic heterocycles. The van der Waals surface area contributed by atoms with Gasteiger partial charge in [-0.15, -0.1) is 0 Å². The molecular formula is C16H20O4. The van der Waals surface area contributed by atoms with Crippen LogP contribution in [0.1, 0.15) is 32.3 Å². The molecule has 0 spiro atoms. The Morgan fingerprint density at radius 2 is 2.10 bits per heavy atom. The van der Waals surface area contributed by atoms with Crippen LogP contribution in [0.4, 0.5) is 0 Å². The van der Waals surface area contributed by atoms with E-state index in [1.165, 1.54) is 0 Å². The lowest BCUT2D eigenvalue weighted by Gasteiger charge is -2.39. The minimum atomic E-state index is -0.679. The molecule has 1 heterocycles. The van der Waals surface area contributed by atoms with Crippen LogP contribution in [-0.4, -0.2) is 21.8 Å². The second-order valence-electron chi connectivity index (χ2n) is 5.62. The fourth-order valence-electron chi connectivity index (χ4n) is 2.58. The number of benzene rings is 1. The number of ether oxygens (including phenoxy) is 1. The fraction of sp³-hybridized carbons (Fsp3) is 0.438. The molecule has 0 bridgehead atoms. The van der Waals surface area contributed by atoms with Gasteiger partial charge in [0.1, 0.15) is 17.1 Å². The van der Waals surface area contributed by atoms with Crippen LogP contribution < -0.4 is 0 Å². The van der Waals surface area contributed by atoms with Crippen LogP contribution in [0.15, 0.2) is 36.1 Å². The van der Waals surface area contributed by atoms with Gasteiger partial charge in [0.2, 0.25) is 0 Å². The Morgan fingerprint density at radius 1 is 1.35 bits per heavy atom. The number of aryl methyl sites for hydroxylation is 1. The molecule has 0 fully saturated rings. The molecule has 0 saturated heterocycles. The molecule has 0 unspecified atom stereocenters. The van der Waals surface area contributed by atoms with Crippen molar-refractivity contribution in [1.29, 1.82) is 0 Å². The van der Waals surface area contributed by atoms with Crippen LogP contribution in [-0.2, 0) is 16.0 Å². The summed E-state index contributed by atoms with van der Waals surface area (Å²) in [4.78, 5) is 11.6. The number of rotatable bonds is 4. The topological polar surface area (TPSA) is 66.8 Å². The number of aromatic hydroxyl groups is 1. The number of aliphatic hydroxyl groups excluding tert-OH is 1. The van der Waals surface area contributed by atoms with Crippen LogP contribution in [0, 0.1) is 5.92 Å². The zero-order chi connectivity index (χ0) is 14.8. The molecule has 2 N–H and O–H groups in total. The SMILES string of the molecule is CC(C)[C@]1(CCc2cccc(O)c2)CC(O)=CC(=O)O1. The molecule has 4 heteroatoms. The molecule has 1 aromatic rings. The lowest BCUT2D eigenvalue weighted by Crippen LogP contribution is -2.43. The van der Waals surface area contributed by atoms with Gasteiger partial charge in [0.05, 0.1) is 6.08 Å². The van der Waals surface area contributed by atoms with E-state index in [4.69, 9.17) is 4.74 Å². The largest absolute Gasteiger partial charge is 0.512 e. The first kappa shape index (κ1) is 14.4. The molecule has 0 aliphatic carbocycles. The number of carbonyl (C=O) groups excluding carboxylic acids is 1. The predicted molar refractivity (Wildman–Crippen MR) is 75.4 cm³/mol. The summed E-state index contributed by atoms with van der Waals surface area (Å²) in [5.74, 6) is -0.0895. The average Bonchev–Trinajstić information content (AvgIpc) is 2.35. The minimum Gasteiger partial charge on any atom is -0.512 e. The van der Waals surface area contributed by atoms with Crippen LogP contribution >= 0.6 is 0 Å². The number of hydrogen-bond acceptors (Lipinski definition) is 4. The monoisotopic (exact) mass is 276 g/mol. The molecule has 0 aromatic heterocycles. The summed E-state index contributed by atoms with van der Waals surface area (Å²) in [6.45, 7) is 3.96. The average molecular weight is 276 g/mol. The molecule has 4 nitrogen and oxygen atoms in total. The number of esters is 1. The Balaban J connectivity index is 2.15. The third-order valence-corrected chi connectivity index (χ3v) is 3.87. The van der Waals surface area contributed by atoms with Crippen molar-refractivity contribution in [2.24, 2.45) is 5.92 Å². The first-order valence-electron chi connectivity index (χ1n) is 6.82. The van der Waals surface area contributed by atoms with Crippen molar-refractivity contribution in [2.75, 3.05) is 0 Å². The maximum Gasteiger partial charge on any atom is 0.334 e. The van der Waals surface area contributed by atoms with Crippen molar-refractivity contribution in [3.05, 3.63) is 41.7 Å². The van der Waals surface area contributed by atoms with Gasteiger partial charge in [-0.25, -0.2) is 4.79 Å². The summed E-state index contributed by atoms with van der Waals surface area (Å²) in [6, 6.07) is 7.04. The Labute approximate surface area is 118 Å². The molecule has 1 aromatic carbocycles. The third kappa shape index (κ3) is 3.13. The van der Waals surface area contributed by atoms with Gasteiger partial charge in [-0.3, -0.25) is 0 Å². The molecule has 0 amide bonds. The number of cyclic esters (lactones) is 1. The third-order valence-electron chi connectivity index (χ3n) is 3.87. The van der Waals surface area contributed by atoms with E-state index in [0.29, 0.717) is 19.3 Å². The van der Waals surface area contributed by atoms with Crippen molar-refractivity contribution in [3.63, 3.8) is 0 Å². The van der Waals surface area contributed by atoms with E-state index in [1.54, 1.807) is 18.2 Å². The van der Waals surface area contributed by atoms with E-state index in [9.17, 15) is 15.0 Å². The molecule has 1 atom stereocenters. The zero-order valence-corrected chi connectivity index (χ0v) is 11.8. The molecule has 0 radical (unpaired) electrons. The van der Waals surface area contributed by atoms with Crippen LogP contribution in [0.3, 0.4) is 0 Å². The highest BCUT2D eigenvalue weighted by Crippen LogP contribution is 2.36. The Hall–Kier alpha value is -1.97. The zero-order valence-electron chi connectivity index (χ0n) is 11.8. The van der Waals surface area contributed by atoms with Crippen molar-refractivity contribution in [1.82, 2.24) is 0 Å². The number of hydrogen-bond donors (Lipinski definition) is 2. The quantitative estimate of drug-likeness (QED) is 0.829. The van der Waals surface area contributed by atoms with E-state index in [1.807, 2.05) is 19.9 Å². The summed E-state index contributed by atoms with van der Waals surface area (Å²) in [7, 11) is 0. The van der Waals surface area contributed by atoms with Gasteiger partial charge in [0, 0.05) is 6.42 Å². The standard InChI is InChI=1S/C16H20O4/c1-11(2)16(10-14(18)9-15(19)20-16)7-6-12-4-3-5-13(17)8-12/h3-5,8-9,11,17-18H,6-7,10H2,1-2H3/t16-/m0/s1. The van der Waals surface area contributed by atoms with E-state index >= 15 is 0 Å². The highest BCUT2D eigenvalue weighted by molar-refractivity contribution is 5.83. The summed E-state index contributed by atoms with van der Waals surface area (Å²) in [5, 5.41) is 19.2. The van der Waals surface area contributed by atoms with E-state index in [0.717, 1.165) is 11.6 Å². The number of carbonyl (C=O) groups is 1. The van der Waals surface area contributed by atoms with Gasteiger partial charge in [0.25, 0.3) is 0 Å². The van der Waals surface area contributed by atoms with E-state index < -0.39 is 11.6 Å². The molecule has 108 valence electrons. The van der Waals surface area contributed by atoms with Crippen molar-refractivity contribution < 1.29 is 19.7 Å². The number of phenolic OH excluding ortho intramolecular Hbond substituents is 1. The second-order valence-corrected chi connectivity index (χ2v) is 5.62. The van der Waals surface area contributed by atoms with Gasteiger partial charge in [-0.2, -0.15) is 0 Å². The first-order valence-corrected chi connectivity index (χ1v) is 6.82. The normalized spacial score (nSPS) is 22.6. The Kier molecular flexibility index (Phi) is 4.02. The summed E-state index contributed by atoms with van der Waals surface area (Å²) < 4.78 is 5.52. The molecule has 20 heavy (non-hydrogen) atoms. The Bertz CT molecular complexity index is 533. The lowest BCUT2D eigenvalue weighted by molar-refractivity contribution is -0.163. The smallest absolute Gasteiger partial charge is 0.334 e. The first-order chi connectivity index (χ1) is 9.41. The highest BCUT2D eigenvalue weighted by atomic mass is 16.6. The number of aliphatic hydroxyl groups is 1. The maximum atomic E-state index is 11.6. The predicted octanol–water partition coefficient (Wildman–Crippen LogP) is 3.11. The summed E-state index contributed by atoms with van der Waals surface area (Å²) >= 11 is 0. The van der Waals surface area contributed by atoms with Gasteiger partial charge in [-0.05, 0) is 36.5 Å². The van der Waals surface area contributed by atoms with Crippen molar-refractivity contribution in [3.8, 4) is 5.75 Å². The highest BCUT2D eigenvalue weighted by Gasteiger charge is 2.41. The van der Waals surface area contributed by atoms with Crippen molar-refractivity contribution >= 4 is 5.97 Å². The fourth-order valence-corrected chi connectivity index (χ4v) is 2.58. The van der Waals surface area contributed by atoms with E-state index in [2.05, 4.69) is 0 Å². The van der Waals surface area contributed by atoms with Crippen LogP contribution in [0.25, 0.3) is 0 Å². The van der Waals surface area contributed by atoms with Gasteiger partial charge in [0.15, 0.2) is 0 Å². The lowest BCUT2D eigenvalue weighted by atomic mass is 9.80. The summed E-state index contributed by atoms with van der Waals surface area (Å²) in [6.07, 6.45) is 2.76. The van der Waals surface area contributed by atoms with Gasteiger partial charge >= 0.3 is 5.97 Å². The summed E-state index contributed by atoms with van der Waals surface area (Å²) in [5.41, 5.74) is 0.302. The van der Waals surface area contributed by atoms with Crippen LogP contribution in [0.5, 0.6) is 5.75 Å². The molecule has 0 saturated carbocycles. The minimum absolute atomic E-state index is 0.0749. The van der Waals surface area contributed by atoms with Crippen molar-refractivity contribution in [2.45, 2.75) is 38.7 Å². The van der Waals surface area contributed by atoms with Gasteiger partial charge < -0.3 is 14.9 Å². The second kappa shape index (κ2) is 5.57.